The summed E-state index contributed by atoms with van der Waals surface area (Å²) < 4.78 is 95.9. The minimum absolute atomic E-state index is 0.0223. The number of carbonyl (C=O) groups is 7. The number of likely N-dealkylation sites (tertiary alicyclic amines) is 2. The highest BCUT2D eigenvalue weighted by Crippen LogP contribution is 2.45. The van der Waals surface area contributed by atoms with Gasteiger partial charge in [0.15, 0.2) is 36.5 Å². The average Bonchev–Trinajstić information content (AvgIpc) is 0.846. The Kier molecular flexibility index (Phi) is 43.4. The molecule has 136 heavy (non-hydrogen) atoms. The standard InChI is InChI=1S/C92H152N12O32/c1-7-58-44-60(46-65(81(58)135-91-78(115)76(113)72(109)53(4)127-91)132-90-71(96-55(6)107)83(75(112)70(51-106)134-90)130-68(88(121)102-28-17-29-102)43-57-20-13-10-14-21-57)64(108)22-15-23-93-85(118)62-48-103(99-97-62)30-32-122-34-36-124-38-40-126-41-39-125-37-35-123-33-31-104-49-63(98-100-104)86(119)95-25-24-94-84(117)61-45-59(8-2)82(136-92-79(116)77(114)73(110)54(5)128-92)66(47-61)131-89-52(3)80(74(111)69(50-105)133-89)129-67(87(120)101-26-16-27-101)42-56-18-11-9-12-19-56/h48-49,52-54,56-61,65-83,89-92,105-106,109-116H,7-47,50-51H2,1-6H3,(H,93,118)(H,94,117)(H,95,119)(H,96,107)/t52-,53+,54+,58+,59+,60-,61-,65-,66-,67+,68+,69-,70-,71-,72-,73-,74+,75+,76-,77-,78+,79+,80-,81-,82-,83-,89-,90-,91+,92+/m1/s1. The van der Waals surface area contributed by atoms with Crippen LogP contribution in [0.5, 0.6) is 0 Å². The van der Waals surface area contributed by atoms with Gasteiger partial charge in [0, 0.05) is 76.9 Å². The number of rotatable bonds is 52. The lowest BCUT2D eigenvalue weighted by molar-refractivity contribution is -0.343. The molecule has 30 atom stereocenters. The van der Waals surface area contributed by atoms with Crippen LogP contribution in [0.25, 0.3) is 0 Å². The van der Waals surface area contributed by atoms with Gasteiger partial charge in [0.1, 0.15) is 91.2 Å². The van der Waals surface area contributed by atoms with E-state index in [1.807, 2.05) is 13.8 Å². The summed E-state index contributed by atoms with van der Waals surface area (Å²) in [5.74, 6) is -4.78. The molecule has 2 aromatic heterocycles. The van der Waals surface area contributed by atoms with Crippen LogP contribution in [0.2, 0.25) is 0 Å². The zero-order valence-electron chi connectivity index (χ0n) is 79.6. The highest BCUT2D eigenvalue weighted by Gasteiger charge is 2.56. The molecule has 14 N–H and O–H groups in total. The van der Waals surface area contributed by atoms with Gasteiger partial charge in [0.05, 0.1) is 147 Å². The van der Waals surface area contributed by atoms with Crippen LogP contribution in [0, 0.1) is 41.4 Å². The second-order valence-electron chi connectivity index (χ2n) is 38.3. The maximum absolute atomic E-state index is 14.4. The molecule has 0 spiro atoms. The fourth-order valence-corrected chi connectivity index (χ4v) is 20.2. The van der Waals surface area contributed by atoms with Crippen molar-refractivity contribution in [1.29, 1.82) is 0 Å². The number of aliphatic hydroxyl groups excluding tert-OH is 10. The number of ketones is 1. The average molecular weight is 1940 g/mol. The number of carbonyl (C=O) groups excluding carboxylic acids is 7. The van der Waals surface area contributed by atoms with Gasteiger partial charge in [-0.1, -0.05) is 108 Å². The van der Waals surface area contributed by atoms with E-state index in [9.17, 15) is 84.6 Å². The summed E-state index contributed by atoms with van der Waals surface area (Å²) in [6.45, 7) is 14.7. The Bertz CT molecular complexity index is 3960. The zero-order valence-corrected chi connectivity index (χ0v) is 79.6. The Morgan fingerprint density at radius 1 is 0.456 bits per heavy atom. The van der Waals surface area contributed by atoms with Gasteiger partial charge in [0.25, 0.3) is 23.6 Å². The quantitative estimate of drug-likeness (QED) is 0.0348. The van der Waals surface area contributed by atoms with Crippen LogP contribution < -0.4 is 21.3 Å². The van der Waals surface area contributed by atoms with Crippen LogP contribution in [0.3, 0.4) is 0 Å². The minimum Gasteiger partial charge on any atom is -0.394 e. The predicted molar refractivity (Wildman–Crippen MR) is 476 cm³/mol. The molecule has 10 fully saturated rings. The Balaban J connectivity index is 0.507. The van der Waals surface area contributed by atoms with E-state index in [0.717, 1.165) is 77.0 Å². The number of nitrogens with one attached hydrogen (secondary N) is 4. The highest BCUT2D eigenvalue weighted by atomic mass is 16.7. The van der Waals surface area contributed by atoms with E-state index in [0.29, 0.717) is 117 Å². The first-order chi connectivity index (χ1) is 65.6. The Morgan fingerprint density at radius 3 is 1.32 bits per heavy atom. The molecule has 0 bridgehead atoms. The lowest BCUT2D eigenvalue weighted by Gasteiger charge is -2.49. The number of hydrogen-bond acceptors (Lipinski definition) is 36. The van der Waals surface area contributed by atoms with Crippen molar-refractivity contribution in [3.8, 4) is 0 Å². The Morgan fingerprint density at radius 2 is 0.875 bits per heavy atom. The summed E-state index contributed by atoms with van der Waals surface area (Å²) in [7, 11) is 0. The normalized spacial score (nSPS) is 34.1. The van der Waals surface area contributed by atoms with Gasteiger partial charge in [0.2, 0.25) is 11.8 Å². The van der Waals surface area contributed by atoms with Crippen molar-refractivity contribution in [2.45, 2.75) is 349 Å². The van der Waals surface area contributed by atoms with Gasteiger partial charge in [-0.2, -0.15) is 0 Å². The fraction of sp³-hybridized carbons (Fsp3) is 0.880. The molecule has 4 aliphatic carbocycles. The summed E-state index contributed by atoms with van der Waals surface area (Å²) in [4.78, 5) is 99.8. The van der Waals surface area contributed by atoms with E-state index in [2.05, 4.69) is 41.9 Å². The first-order valence-electron chi connectivity index (χ1n) is 49.7. The molecule has 0 aromatic carbocycles. The van der Waals surface area contributed by atoms with Crippen LogP contribution >= 0.6 is 0 Å². The number of nitrogens with zero attached hydrogens (tertiary/aromatic N) is 8. The maximum atomic E-state index is 14.4. The van der Waals surface area contributed by atoms with Crippen molar-refractivity contribution in [3.63, 3.8) is 0 Å². The Hall–Kier alpha value is -6.23. The predicted octanol–water partition coefficient (Wildman–Crippen LogP) is -1.14. The third-order valence-electron chi connectivity index (χ3n) is 28.6. The fourth-order valence-electron chi connectivity index (χ4n) is 20.2. The molecule has 6 saturated heterocycles. The van der Waals surface area contributed by atoms with Crippen molar-refractivity contribution >= 4 is 41.2 Å². The first kappa shape index (κ1) is 109. The van der Waals surface area contributed by atoms with Gasteiger partial charge in [-0.15, -0.1) is 10.2 Å². The van der Waals surface area contributed by atoms with Crippen molar-refractivity contribution < 1.29 is 156 Å². The van der Waals surface area contributed by atoms with Crippen LogP contribution in [-0.4, -0.2) is 410 Å². The topological polar surface area (TPSA) is 576 Å². The van der Waals surface area contributed by atoms with Crippen LogP contribution in [0.4, 0.5) is 0 Å². The molecule has 8 heterocycles. The van der Waals surface area contributed by atoms with E-state index >= 15 is 0 Å². The highest BCUT2D eigenvalue weighted by molar-refractivity contribution is 5.92. The summed E-state index contributed by atoms with van der Waals surface area (Å²) in [5, 5.41) is 138. The largest absolute Gasteiger partial charge is 0.394 e. The molecule has 2 aromatic rings. The van der Waals surface area contributed by atoms with Crippen molar-refractivity contribution in [2.24, 2.45) is 41.4 Å². The molecule has 4 saturated carbocycles. The summed E-state index contributed by atoms with van der Waals surface area (Å²) in [6.07, 6.45) is -12.3. The summed E-state index contributed by atoms with van der Waals surface area (Å²) >= 11 is 0. The van der Waals surface area contributed by atoms with Gasteiger partial charge in [-0.25, -0.2) is 9.36 Å². The first-order valence-corrected chi connectivity index (χ1v) is 49.7. The Labute approximate surface area is 794 Å². The smallest absolute Gasteiger partial charge is 0.273 e. The number of aromatic nitrogens is 6. The third kappa shape index (κ3) is 30.0. The zero-order chi connectivity index (χ0) is 97.1. The van der Waals surface area contributed by atoms with Gasteiger partial charge >= 0.3 is 0 Å². The number of amides is 6. The number of ether oxygens (including phenoxy) is 15. The van der Waals surface area contributed by atoms with Gasteiger partial charge < -0.3 is 153 Å². The van der Waals surface area contributed by atoms with E-state index in [4.69, 9.17) is 71.1 Å². The van der Waals surface area contributed by atoms with Crippen molar-refractivity contribution in [3.05, 3.63) is 23.8 Å². The number of hydrogen-bond donors (Lipinski definition) is 14. The maximum Gasteiger partial charge on any atom is 0.273 e. The lowest BCUT2D eigenvalue weighted by Crippen LogP contribution is -2.67. The summed E-state index contributed by atoms with van der Waals surface area (Å²) in [5.41, 5.74) is 0.113. The third-order valence-corrected chi connectivity index (χ3v) is 28.6. The molecular formula is C92H152N12O32. The monoisotopic (exact) mass is 1940 g/mol. The molecule has 44 heteroatoms. The van der Waals surface area contributed by atoms with Crippen molar-refractivity contribution in [1.82, 2.24) is 61.1 Å². The van der Waals surface area contributed by atoms with Crippen LogP contribution in [0.1, 0.15) is 204 Å². The lowest BCUT2D eigenvalue weighted by atomic mass is 9.74. The molecular weight excluding hydrogens is 1790 g/mol. The minimum atomic E-state index is -1.68. The molecule has 10 aliphatic rings. The molecule has 12 rings (SSSR count). The van der Waals surface area contributed by atoms with E-state index < -0.39 is 214 Å². The van der Waals surface area contributed by atoms with Crippen LogP contribution in [0.15, 0.2) is 12.4 Å². The summed E-state index contributed by atoms with van der Waals surface area (Å²) in [6, 6.07) is -1.26. The molecule has 0 radical (unpaired) electrons. The van der Waals surface area contributed by atoms with E-state index in [1.165, 1.54) is 35.6 Å². The number of Topliss-reactive ketones (excluding diaryl/α,β-unsaturated/α-hetero) is 1. The van der Waals surface area contributed by atoms with E-state index in [1.54, 1.807) is 23.6 Å². The van der Waals surface area contributed by atoms with E-state index in [-0.39, 0.29) is 118 Å². The van der Waals surface area contributed by atoms with Crippen molar-refractivity contribution in [2.75, 3.05) is 125 Å². The van der Waals surface area contributed by atoms with Gasteiger partial charge in [-0.05, 0) is 95.3 Å². The molecule has 6 aliphatic heterocycles. The molecule has 772 valence electrons. The SMILES string of the molecule is CC[C@H]1C[C@@H](C(=O)NCCNC(=O)c2cn(CCOCCOCCOCCOCCOCCn3cc(C(=O)NCCCC(=O)[C@@H]4C[C@H](CC)[C@@H](O[C@@H]5O[C@@H](C)[C@@H](O)[C@@H](O)[C@@H]5O)[C@H](O[C@@H]5O[C@H](CO)[C@H](O)[C@H](O[C@@H](CC6CCCCC6)C(=O)N6CCC6)[C@H]5NC(C)=O)C4)nn3)nn2)C[C@@H](O[C@@H]2O[C@H](CO)[C@H](O)[C@H](O[C@@H](CC3CCCCC3)C(=O)N3CCC3)[C@H]2C)[C@@H]1O[C@@H]1O[C@@H](C)[C@@H](O)[C@@H](O)[C@@H]1O. The second-order valence-corrected chi connectivity index (χ2v) is 38.3. The molecule has 0 unspecified atom stereocenters. The van der Waals surface area contributed by atoms with Gasteiger partial charge in [-0.3, -0.25) is 33.6 Å². The molecule has 44 nitrogen and oxygen atoms in total. The second kappa shape index (κ2) is 54.3. The van der Waals surface area contributed by atoms with Crippen LogP contribution in [-0.2, 0) is 108 Å². The molecule has 6 amide bonds. The number of aliphatic hydroxyl groups is 10.